The molecule has 0 spiro atoms. The van der Waals surface area contributed by atoms with Gasteiger partial charge in [-0.3, -0.25) is 9.59 Å². The van der Waals surface area contributed by atoms with Gasteiger partial charge in [-0.05, 0) is 36.4 Å². The Hall–Kier alpha value is -3.76. The number of carbonyl (C=O) groups is 2. The van der Waals surface area contributed by atoms with Crippen LogP contribution in [0, 0.1) is 17.6 Å². The Bertz CT molecular complexity index is 1180. The normalized spacial score (nSPS) is 16.5. The Labute approximate surface area is 178 Å². The first kappa shape index (κ1) is 21.5. The number of nitrogens with zero attached hydrogens (tertiary/aromatic N) is 3. The molecule has 1 unspecified atom stereocenters. The average molecular weight is 450 g/mol. The molecule has 1 atom stereocenters. The monoisotopic (exact) mass is 450 g/mol. The molecule has 0 saturated carbocycles. The number of nitrogens with one attached hydrogen (secondary N) is 1. The predicted molar refractivity (Wildman–Crippen MR) is 104 cm³/mol. The van der Waals surface area contributed by atoms with Crippen LogP contribution in [0.25, 0.3) is 5.69 Å². The molecule has 1 aliphatic heterocycles. The Kier molecular flexibility index (Phi) is 5.41. The maximum atomic E-state index is 14.0. The zero-order chi connectivity index (χ0) is 23.0. The number of benzene rings is 2. The largest absolute Gasteiger partial charge is 0.418 e. The summed E-state index contributed by atoms with van der Waals surface area (Å²) < 4.78 is 69.2. The van der Waals surface area contributed by atoms with E-state index < -0.39 is 46.8 Å². The highest BCUT2D eigenvalue weighted by atomic mass is 19.4. The van der Waals surface area contributed by atoms with Gasteiger partial charge in [0.15, 0.2) is 0 Å². The maximum absolute atomic E-state index is 14.0. The summed E-state index contributed by atoms with van der Waals surface area (Å²) in [5.41, 5.74) is -1.61. The number of alkyl halides is 3. The van der Waals surface area contributed by atoms with Crippen molar-refractivity contribution in [2.24, 2.45) is 5.92 Å². The van der Waals surface area contributed by atoms with Gasteiger partial charge in [-0.2, -0.15) is 18.3 Å². The molecular formula is C21H15F5N4O2. The lowest BCUT2D eigenvalue weighted by Crippen LogP contribution is -2.29. The molecule has 4 rings (SSSR count). The van der Waals surface area contributed by atoms with Crippen molar-refractivity contribution in [2.45, 2.75) is 12.6 Å². The van der Waals surface area contributed by atoms with Gasteiger partial charge in [0.1, 0.15) is 11.6 Å². The number of rotatable bonds is 4. The third-order valence-electron chi connectivity index (χ3n) is 5.03. The molecule has 1 N–H and O–H groups in total. The van der Waals surface area contributed by atoms with E-state index in [0.29, 0.717) is 6.07 Å². The Balaban J connectivity index is 1.55. The molecule has 0 aliphatic carbocycles. The minimum atomic E-state index is -4.76. The first-order chi connectivity index (χ1) is 15.1. The number of hydrogen-bond acceptors (Lipinski definition) is 3. The maximum Gasteiger partial charge on any atom is 0.418 e. The molecule has 0 bridgehead atoms. The van der Waals surface area contributed by atoms with Gasteiger partial charge in [0.25, 0.3) is 0 Å². The molecule has 3 aromatic rings. The highest BCUT2D eigenvalue weighted by Crippen LogP contribution is 2.37. The molecule has 2 heterocycles. The van der Waals surface area contributed by atoms with E-state index in [9.17, 15) is 31.5 Å². The Morgan fingerprint density at radius 2 is 1.91 bits per heavy atom. The third kappa shape index (κ3) is 4.18. The van der Waals surface area contributed by atoms with E-state index in [1.165, 1.54) is 23.1 Å². The summed E-state index contributed by atoms with van der Waals surface area (Å²) in [4.78, 5) is 25.9. The Morgan fingerprint density at radius 3 is 2.56 bits per heavy atom. The molecular weight excluding hydrogens is 435 g/mol. The summed E-state index contributed by atoms with van der Waals surface area (Å²) in [6, 6.07) is 7.50. The lowest BCUT2D eigenvalue weighted by Gasteiger charge is -2.19. The van der Waals surface area contributed by atoms with Crippen molar-refractivity contribution in [3.63, 3.8) is 0 Å². The van der Waals surface area contributed by atoms with Gasteiger partial charge < -0.3 is 10.2 Å². The van der Waals surface area contributed by atoms with Gasteiger partial charge >= 0.3 is 6.18 Å². The SMILES string of the molecule is O=C(Nc1ccc(-n2cccn2)cc1C(F)(F)F)C1CC(=O)N(c2ccc(F)cc2F)C1. The molecule has 0 radical (unpaired) electrons. The van der Waals surface area contributed by atoms with Crippen LogP contribution < -0.4 is 10.2 Å². The first-order valence-electron chi connectivity index (χ1n) is 9.41. The predicted octanol–water partition coefficient (Wildman–Crippen LogP) is 4.16. The highest BCUT2D eigenvalue weighted by molar-refractivity contribution is 6.03. The van der Waals surface area contributed by atoms with E-state index in [2.05, 4.69) is 10.4 Å². The van der Waals surface area contributed by atoms with Crippen LogP contribution >= 0.6 is 0 Å². The van der Waals surface area contributed by atoms with Gasteiger partial charge in [-0.1, -0.05) is 0 Å². The molecule has 6 nitrogen and oxygen atoms in total. The van der Waals surface area contributed by atoms with Crippen molar-refractivity contribution in [3.8, 4) is 5.69 Å². The molecule has 2 amide bonds. The molecule has 11 heteroatoms. The van der Waals surface area contributed by atoms with E-state index >= 15 is 0 Å². The van der Waals surface area contributed by atoms with Crippen LogP contribution in [0.3, 0.4) is 0 Å². The van der Waals surface area contributed by atoms with Crippen molar-refractivity contribution in [1.82, 2.24) is 9.78 Å². The first-order valence-corrected chi connectivity index (χ1v) is 9.41. The summed E-state index contributed by atoms with van der Waals surface area (Å²) in [6.45, 7) is -0.250. The van der Waals surface area contributed by atoms with Crippen molar-refractivity contribution in [1.29, 1.82) is 0 Å². The van der Waals surface area contributed by atoms with E-state index in [1.54, 1.807) is 6.07 Å². The smallest absolute Gasteiger partial charge is 0.325 e. The van der Waals surface area contributed by atoms with Gasteiger partial charge in [-0.15, -0.1) is 0 Å². The van der Waals surface area contributed by atoms with E-state index in [0.717, 1.165) is 29.2 Å². The molecule has 1 aromatic heterocycles. The van der Waals surface area contributed by atoms with Crippen LogP contribution in [0.2, 0.25) is 0 Å². The Morgan fingerprint density at radius 1 is 1.12 bits per heavy atom. The van der Waals surface area contributed by atoms with Crippen LogP contribution in [-0.4, -0.2) is 28.1 Å². The molecule has 166 valence electrons. The summed E-state index contributed by atoms with van der Waals surface area (Å²) in [5.74, 6) is -4.24. The number of aromatic nitrogens is 2. The molecule has 1 aliphatic rings. The second kappa shape index (κ2) is 8.06. The minimum Gasteiger partial charge on any atom is -0.325 e. The van der Waals surface area contributed by atoms with E-state index in [1.807, 2.05) is 0 Å². The van der Waals surface area contributed by atoms with Crippen LogP contribution in [0.5, 0.6) is 0 Å². The highest BCUT2D eigenvalue weighted by Gasteiger charge is 2.38. The molecule has 32 heavy (non-hydrogen) atoms. The summed E-state index contributed by atoms with van der Waals surface area (Å²) in [6.07, 6.45) is -2.20. The number of halogens is 5. The van der Waals surface area contributed by atoms with Crippen LogP contribution in [0.4, 0.5) is 33.3 Å². The standard InChI is InChI=1S/C21H15F5N4O2/c22-13-2-5-18(16(23)9-13)29-11-12(8-19(29)31)20(32)28-17-4-3-14(30-7-1-6-27-30)10-15(17)21(24,25)26/h1-7,9-10,12H,8,11H2,(H,28,32). The van der Waals surface area contributed by atoms with E-state index in [-0.39, 0.29) is 24.3 Å². The summed E-state index contributed by atoms with van der Waals surface area (Å²) in [5, 5.41) is 6.11. The van der Waals surface area contributed by atoms with Crippen LogP contribution in [-0.2, 0) is 15.8 Å². The van der Waals surface area contributed by atoms with Crippen molar-refractivity contribution in [3.05, 3.63) is 72.1 Å². The lowest BCUT2D eigenvalue weighted by atomic mass is 10.1. The van der Waals surface area contributed by atoms with Crippen LogP contribution in [0.1, 0.15) is 12.0 Å². The average Bonchev–Trinajstić information content (AvgIpc) is 3.38. The minimum absolute atomic E-state index is 0.148. The quantitative estimate of drug-likeness (QED) is 0.607. The van der Waals surface area contributed by atoms with Gasteiger partial charge in [-0.25, -0.2) is 13.5 Å². The summed E-state index contributed by atoms with van der Waals surface area (Å²) in [7, 11) is 0. The summed E-state index contributed by atoms with van der Waals surface area (Å²) >= 11 is 0. The van der Waals surface area contributed by atoms with Gasteiger partial charge in [0.2, 0.25) is 11.8 Å². The zero-order valence-corrected chi connectivity index (χ0v) is 16.2. The third-order valence-corrected chi connectivity index (χ3v) is 5.03. The molecule has 2 aromatic carbocycles. The topological polar surface area (TPSA) is 67.2 Å². The van der Waals surface area contributed by atoms with E-state index in [4.69, 9.17) is 0 Å². The molecule has 1 fully saturated rings. The number of hydrogen-bond donors (Lipinski definition) is 1. The number of carbonyl (C=O) groups excluding carboxylic acids is 2. The van der Waals surface area contributed by atoms with Gasteiger partial charge in [0.05, 0.1) is 28.5 Å². The van der Waals surface area contributed by atoms with Crippen molar-refractivity contribution in [2.75, 3.05) is 16.8 Å². The fourth-order valence-electron chi connectivity index (χ4n) is 3.49. The number of anilines is 2. The van der Waals surface area contributed by atoms with Crippen molar-refractivity contribution >= 4 is 23.2 Å². The fraction of sp³-hybridized carbons (Fsp3) is 0.190. The second-order valence-electron chi connectivity index (χ2n) is 7.17. The fourth-order valence-corrected chi connectivity index (χ4v) is 3.49. The van der Waals surface area contributed by atoms with Gasteiger partial charge in [0, 0.05) is 31.4 Å². The number of amides is 2. The molecule has 1 saturated heterocycles. The lowest BCUT2D eigenvalue weighted by molar-refractivity contribution is -0.137. The van der Waals surface area contributed by atoms with Crippen molar-refractivity contribution < 1.29 is 31.5 Å². The zero-order valence-electron chi connectivity index (χ0n) is 16.2. The van der Waals surface area contributed by atoms with Crippen LogP contribution in [0.15, 0.2) is 54.9 Å². The second-order valence-corrected chi connectivity index (χ2v) is 7.17.